The van der Waals surface area contributed by atoms with Crippen LogP contribution in [0.1, 0.15) is 32.4 Å². The van der Waals surface area contributed by atoms with Crippen LogP contribution in [0.2, 0.25) is 0 Å². The summed E-state index contributed by atoms with van der Waals surface area (Å²) in [5.74, 6) is 0. The van der Waals surface area contributed by atoms with Crippen molar-refractivity contribution in [3.05, 3.63) is 48.0 Å². The van der Waals surface area contributed by atoms with Crippen molar-refractivity contribution >= 4 is 10.8 Å². The molecule has 0 bridgehead atoms. The van der Waals surface area contributed by atoms with Gasteiger partial charge in [0.1, 0.15) is 0 Å². The Hall–Kier alpha value is -1.34. The van der Waals surface area contributed by atoms with Crippen LogP contribution in [0.3, 0.4) is 0 Å². The molecule has 0 unspecified atom stereocenters. The minimum absolute atomic E-state index is 0.445. The van der Waals surface area contributed by atoms with Gasteiger partial charge < -0.3 is 0 Å². The van der Waals surface area contributed by atoms with Crippen molar-refractivity contribution in [2.75, 3.05) is 7.05 Å². The van der Waals surface area contributed by atoms with Crippen LogP contribution in [0, 0.1) is 0 Å². The molecule has 0 saturated heterocycles. The predicted molar refractivity (Wildman–Crippen MR) is 75.3 cm³/mol. The molecule has 0 fully saturated rings. The van der Waals surface area contributed by atoms with Crippen LogP contribution in [0.15, 0.2) is 42.5 Å². The van der Waals surface area contributed by atoms with Gasteiger partial charge >= 0.3 is 0 Å². The first-order valence-corrected chi connectivity index (χ1v) is 6.31. The van der Waals surface area contributed by atoms with Crippen molar-refractivity contribution in [3.8, 4) is 0 Å². The second-order valence-corrected chi connectivity index (χ2v) is 5.00. The lowest BCUT2D eigenvalue weighted by Gasteiger charge is -2.29. The highest BCUT2D eigenvalue weighted by atomic mass is 15.1. The molecular formula is C16H21N. The van der Waals surface area contributed by atoms with Crippen molar-refractivity contribution < 1.29 is 0 Å². The Morgan fingerprint density at radius 2 is 1.53 bits per heavy atom. The SMILES string of the molecule is CC(C)N(C)[C@H](C)c1cccc2ccccc12. The maximum atomic E-state index is 2.40. The van der Waals surface area contributed by atoms with Gasteiger partial charge in [-0.25, -0.2) is 0 Å². The first-order chi connectivity index (χ1) is 8.11. The molecule has 1 nitrogen and oxygen atoms in total. The topological polar surface area (TPSA) is 3.24 Å². The molecule has 2 aromatic rings. The van der Waals surface area contributed by atoms with E-state index >= 15 is 0 Å². The van der Waals surface area contributed by atoms with Gasteiger partial charge in [0.2, 0.25) is 0 Å². The van der Waals surface area contributed by atoms with E-state index in [0.29, 0.717) is 12.1 Å². The fraction of sp³-hybridized carbons (Fsp3) is 0.375. The van der Waals surface area contributed by atoms with Crippen LogP contribution in [-0.2, 0) is 0 Å². The first-order valence-electron chi connectivity index (χ1n) is 6.31. The number of benzene rings is 2. The van der Waals surface area contributed by atoms with Crippen LogP contribution < -0.4 is 0 Å². The molecule has 2 aromatic carbocycles. The van der Waals surface area contributed by atoms with Gasteiger partial charge in [-0.1, -0.05) is 42.5 Å². The van der Waals surface area contributed by atoms with Gasteiger partial charge in [0.25, 0.3) is 0 Å². The molecule has 90 valence electrons. The molecule has 0 aromatic heterocycles. The molecule has 0 radical (unpaired) electrons. The molecule has 1 heteroatoms. The Bertz CT molecular complexity index is 496. The van der Waals surface area contributed by atoms with E-state index in [9.17, 15) is 0 Å². The monoisotopic (exact) mass is 227 g/mol. The molecule has 2 rings (SSSR count). The molecule has 0 aliphatic rings. The Labute approximate surface area is 104 Å². The van der Waals surface area contributed by atoms with E-state index in [2.05, 4.69) is 75.2 Å². The zero-order valence-electron chi connectivity index (χ0n) is 11.1. The molecule has 0 amide bonds. The summed E-state index contributed by atoms with van der Waals surface area (Å²) in [6, 6.07) is 16.2. The normalized spacial score (nSPS) is 13.5. The van der Waals surface area contributed by atoms with Crippen LogP contribution in [0.4, 0.5) is 0 Å². The standard InChI is InChI=1S/C16H21N/c1-12(2)17(4)13(3)15-11-7-9-14-8-5-6-10-16(14)15/h5-13H,1-4H3/t13-/m1/s1. The van der Waals surface area contributed by atoms with Gasteiger partial charge in [-0.2, -0.15) is 0 Å². The molecule has 0 saturated carbocycles. The highest BCUT2D eigenvalue weighted by Gasteiger charge is 2.15. The lowest BCUT2D eigenvalue weighted by molar-refractivity contribution is 0.211. The zero-order chi connectivity index (χ0) is 12.4. The maximum Gasteiger partial charge on any atom is 0.0325 e. The van der Waals surface area contributed by atoms with Crippen molar-refractivity contribution in [1.82, 2.24) is 4.90 Å². The van der Waals surface area contributed by atoms with Gasteiger partial charge in [-0.05, 0) is 44.2 Å². The van der Waals surface area contributed by atoms with Crippen molar-refractivity contribution in [2.45, 2.75) is 32.9 Å². The summed E-state index contributed by atoms with van der Waals surface area (Å²) in [4.78, 5) is 2.40. The van der Waals surface area contributed by atoms with E-state index in [1.165, 1.54) is 16.3 Å². The summed E-state index contributed by atoms with van der Waals surface area (Å²) < 4.78 is 0. The van der Waals surface area contributed by atoms with Crippen LogP contribution >= 0.6 is 0 Å². The number of hydrogen-bond acceptors (Lipinski definition) is 1. The maximum absolute atomic E-state index is 2.40. The van der Waals surface area contributed by atoms with E-state index < -0.39 is 0 Å². The molecule has 1 atom stereocenters. The van der Waals surface area contributed by atoms with Crippen molar-refractivity contribution in [1.29, 1.82) is 0 Å². The smallest absolute Gasteiger partial charge is 0.0325 e. The Morgan fingerprint density at radius 3 is 2.24 bits per heavy atom. The Balaban J connectivity index is 2.48. The molecule has 17 heavy (non-hydrogen) atoms. The average Bonchev–Trinajstić information content (AvgIpc) is 2.36. The minimum atomic E-state index is 0.445. The lowest BCUT2D eigenvalue weighted by atomic mass is 9.98. The fourth-order valence-electron chi connectivity index (χ4n) is 2.28. The van der Waals surface area contributed by atoms with Gasteiger partial charge in [-0.3, -0.25) is 4.90 Å². The number of fused-ring (bicyclic) bond motifs is 1. The van der Waals surface area contributed by atoms with Gasteiger partial charge in [0, 0.05) is 12.1 Å². The molecule has 0 spiro atoms. The van der Waals surface area contributed by atoms with E-state index in [-0.39, 0.29) is 0 Å². The Kier molecular flexibility index (Phi) is 3.49. The molecule has 0 aliphatic heterocycles. The highest BCUT2D eigenvalue weighted by molar-refractivity contribution is 5.86. The number of hydrogen-bond donors (Lipinski definition) is 0. The van der Waals surface area contributed by atoms with Crippen LogP contribution in [0.25, 0.3) is 10.8 Å². The highest BCUT2D eigenvalue weighted by Crippen LogP contribution is 2.28. The third-order valence-electron chi connectivity index (χ3n) is 3.70. The number of nitrogens with zero attached hydrogens (tertiary/aromatic N) is 1. The second-order valence-electron chi connectivity index (χ2n) is 5.00. The summed E-state index contributed by atoms with van der Waals surface area (Å²) in [6.45, 7) is 6.75. The van der Waals surface area contributed by atoms with Crippen LogP contribution in [-0.4, -0.2) is 18.0 Å². The van der Waals surface area contributed by atoms with E-state index in [0.717, 1.165) is 0 Å². The van der Waals surface area contributed by atoms with E-state index in [1.807, 2.05) is 0 Å². The Morgan fingerprint density at radius 1 is 0.882 bits per heavy atom. The van der Waals surface area contributed by atoms with E-state index in [4.69, 9.17) is 0 Å². The quantitative estimate of drug-likeness (QED) is 0.758. The lowest BCUT2D eigenvalue weighted by Crippen LogP contribution is -2.29. The van der Waals surface area contributed by atoms with Gasteiger partial charge in [0.05, 0.1) is 0 Å². The third-order valence-corrected chi connectivity index (χ3v) is 3.70. The molecular weight excluding hydrogens is 206 g/mol. The predicted octanol–water partition coefficient (Wildman–Crippen LogP) is 4.24. The minimum Gasteiger partial charge on any atom is -0.297 e. The average molecular weight is 227 g/mol. The fourth-order valence-corrected chi connectivity index (χ4v) is 2.28. The summed E-state index contributed by atoms with van der Waals surface area (Å²) in [5.41, 5.74) is 1.42. The summed E-state index contributed by atoms with van der Waals surface area (Å²) in [7, 11) is 2.19. The molecule has 0 heterocycles. The zero-order valence-corrected chi connectivity index (χ0v) is 11.1. The summed E-state index contributed by atoms with van der Waals surface area (Å²) in [6.07, 6.45) is 0. The second kappa shape index (κ2) is 4.89. The summed E-state index contributed by atoms with van der Waals surface area (Å²) >= 11 is 0. The van der Waals surface area contributed by atoms with E-state index in [1.54, 1.807) is 0 Å². The van der Waals surface area contributed by atoms with Gasteiger partial charge in [-0.15, -0.1) is 0 Å². The number of rotatable bonds is 3. The molecule has 0 aliphatic carbocycles. The van der Waals surface area contributed by atoms with Crippen molar-refractivity contribution in [2.24, 2.45) is 0 Å². The first kappa shape index (κ1) is 12.1. The largest absolute Gasteiger partial charge is 0.297 e. The van der Waals surface area contributed by atoms with Crippen molar-refractivity contribution in [3.63, 3.8) is 0 Å². The third kappa shape index (κ3) is 2.34. The summed E-state index contributed by atoms with van der Waals surface area (Å²) in [5, 5.41) is 2.70. The van der Waals surface area contributed by atoms with Crippen LogP contribution in [0.5, 0.6) is 0 Å². The molecule has 0 N–H and O–H groups in total. The van der Waals surface area contributed by atoms with Gasteiger partial charge in [0.15, 0.2) is 0 Å².